The number of hydrogen-bond acceptors (Lipinski definition) is 3. The molecule has 5 N–H and O–H groups in total. The lowest BCUT2D eigenvalue weighted by Gasteiger charge is -2.11. The van der Waals surface area contributed by atoms with Crippen LogP contribution >= 0.6 is 0 Å². The molecule has 1 atom stereocenters. The van der Waals surface area contributed by atoms with Crippen molar-refractivity contribution < 1.29 is 0 Å². The summed E-state index contributed by atoms with van der Waals surface area (Å²) in [7, 11) is 1.76. The molecule has 4 nitrogen and oxygen atoms in total. The molecule has 172 valence electrons. The van der Waals surface area contributed by atoms with E-state index in [4.69, 9.17) is 11.5 Å². The second kappa shape index (κ2) is 19.4. The van der Waals surface area contributed by atoms with Crippen molar-refractivity contribution in [2.24, 2.45) is 16.6 Å². The molecule has 0 spiro atoms. The van der Waals surface area contributed by atoms with Crippen molar-refractivity contribution in [1.29, 1.82) is 0 Å². The highest BCUT2D eigenvalue weighted by molar-refractivity contribution is 6.02. The van der Waals surface area contributed by atoms with Gasteiger partial charge in [0.2, 0.25) is 0 Å². The van der Waals surface area contributed by atoms with Crippen LogP contribution in [0.3, 0.4) is 0 Å². The molecule has 0 aliphatic carbocycles. The van der Waals surface area contributed by atoms with Gasteiger partial charge in [0.25, 0.3) is 0 Å². The average molecular weight is 425 g/mol. The Bertz CT molecular complexity index is 708. The summed E-state index contributed by atoms with van der Waals surface area (Å²) in [5, 5.41) is 3.31. The molecule has 1 unspecified atom stereocenters. The highest BCUT2D eigenvalue weighted by atomic mass is 15.0. The van der Waals surface area contributed by atoms with E-state index in [-0.39, 0.29) is 0 Å². The Labute approximate surface area is 190 Å². The quantitative estimate of drug-likeness (QED) is 0.195. The fourth-order valence-corrected chi connectivity index (χ4v) is 2.70. The first kappa shape index (κ1) is 28.4. The first-order valence-corrected chi connectivity index (χ1v) is 11.5. The number of benzene rings is 2. The molecule has 2 rings (SSSR count). The topological polar surface area (TPSA) is 76.4 Å². The van der Waals surface area contributed by atoms with Crippen LogP contribution in [0.15, 0.2) is 72.2 Å². The van der Waals surface area contributed by atoms with Crippen LogP contribution in [0.5, 0.6) is 0 Å². The summed E-state index contributed by atoms with van der Waals surface area (Å²) in [6, 6.07) is 17.9. The Morgan fingerprint density at radius 2 is 1.65 bits per heavy atom. The Morgan fingerprint density at radius 3 is 2.13 bits per heavy atom. The predicted octanol–water partition coefficient (Wildman–Crippen LogP) is 6.18. The molecular formula is C27H44N4. The lowest BCUT2D eigenvalue weighted by atomic mass is 10.1. The third-order valence-electron chi connectivity index (χ3n) is 4.72. The summed E-state index contributed by atoms with van der Waals surface area (Å²) in [4.78, 5) is 4.26. The zero-order valence-corrected chi connectivity index (χ0v) is 20.1. The van der Waals surface area contributed by atoms with Crippen LogP contribution in [0, 0.1) is 5.92 Å². The number of aliphatic imine (C=N–C) groups is 1. The Hall–Kier alpha value is -2.59. The molecule has 0 aromatic heterocycles. The van der Waals surface area contributed by atoms with E-state index < -0.39 is 0 Å². The number of nitrogens with zero attached hydrogens (tertiary/aromatic N) is 1. The molecule has 0 aliphatic rings. The number of nitrogens with two attached hydrogens (primary N) is 2. The maximum Gasteiger partial charge on any atom is 0.130 e. The van der Waals surface area contributed by atoms with Gasteiger partial charge in [-0.2, -0.15) is 0 Å². The number of para-hydroxylation sites is 1. The van der Waals surface area contributed by atoms with Crippen LogP contribution in [0.1, 0.15) is 64.0 Å². The molecule has 0 fully saturated rings. The van der Waals surface area contributed by atoms with Crippen molar-refractivity contribution in [1.82, 2.24) is 5.32 Å². The first-order chi connectivity index (χ1) is 15.0. The second-order valence-corrected chi connectivity index (χ2v) is 7.50. The van der Waals surface area contributed by atoms with Gasteiger partial charge < -0.3 is 16.8 Å². The zero-order chi connectivity index (χ0) is 23.3. The monoisotopic (exact) mass is 424 g/mol. The maximum atomic E-state index is 5.95. The molecule has 0 radical (unpaired) electrons. The summed E-state index contributed by atoms with van der Waals surface area (Å²) in [6.45, 7) is 11.8. The second-order valence-electron chi connectivity index (χ2n) is 7.50. The van der Waals surface area contributed by atoms with Crippen molar-refractivity contribution in [3.63, 3.8) is 0 Å². The molecule has 4 heteroatoms. The van der Waals surface area contributed by atoms with Gasteiger partial charge in [-0.15, -0.1) is 6.58 Å². The van der Waals surface area contributed by atoms with Gasteiger partial charge in [-0.25, -0.2) is 0 Å². The fourth-order valence-electron chi connectivity index (χ4n) is 2.70. The van der Waals surface area contributed by atoms with Gasteiger partial charge >= 0.3 is 0 Å². The van der Waals surface area contributed by atoms with E-state index in [1.165, 1.54) is 31.2 Å². The third kappa shape index (κ3) is 14.1. The van der Waals surface area contributed by atoms with Crippen LogP contribution in [0.25, 0.3) is 0 Å². The SMILES string of the molecule is C=CC(C)CCCN.CCCCC.CN=C(NCc1ccccc1)c1ccccc1N. The number of rotatable bonds is 9. The lowest BCUT2D eigenvalue weighted by Crippen LogP contribution is -2.24. The van der Waals surface area contributed by atoms with Gasteiger partial charge in [-0.05, 0) is 43.0 Å². The molecule has 0 saturated heterocycles. The molecule has 0 aliphatic heterocycles. The summed E-state index contributed by atoms with van der Waals surface area (Å²) in [5.74, 6) is 1.45. The third-order valence-corrected chi connectivity index (χ3v) is 4.72. The van der Waals surface area contributed by atoms with Gasteiger partial charge in [-0.3, -0.25) is 4.99 Å². The minimum atomic E-state index is 0.638. The van der Waals surface area contributed by atoms with Crippen molar-refractivity contribution in [3.05, 3.63) is 78.4 Å². The molecule has 0 heterocycles. The lowest BCUT2D eigenvalue weighted by molar-refractivity contribution is 0.614. The van der Waals surface area contributed by atoms with Crippen LogP contribution in [0.2, 0.25) is 0 Å². The molecule has 0 amide bonds. The largest absolute Gasteiger partial charge is 0.398 e. The number of nitrogen functional groups attached to an aromatic ring is 1. The van der Waals surface area contributed by atoms with E-state index in [0.29, 0.717) is 5.92 Å². The molecule has 2 aromatic carbocycles. The molecular weight excluding hydrogens is 380 g/mol. The molecule has 2 aromatic rings. The highest BCUT2D eigenvalue weighted by Gasteiger charge is 2.05. The molecule has 0 saturated carbocycles. The zero-order valence-electron chi connectivity index (χ0n) is 20.1. The van der Waals surface area contributed by atoms with Crippen LogP contribution in [0.4, 0.5) is 5.69 Å². The normalized spacial score (nSPS) is 11.3. The minimum Gasteiger partial charge on any atom is -0.398 e. The van der Waals surface area contributed by atoms with Crippen molar-refractivity contribution in [2.75, 3.05) is 19.3 Å². The standard InChI is InChI=1S/C15H17N3.C7H15N.C5H12/c1-17-15(13-9-5-6-10-14(13)16)18-11-12-7-3-2-4-8-12;1-3-7(2)5-4-6-8;1-3-5-4-2/h2-10H,11,16H2,1H3,(H,17,18);3,7H,1,4-6,8H2,2H3;3-5H2,1-2H3. The molecule has 0 bridgehead atoms. The number of hydrogen-bond donors (Lipinski definition) is 3. The van der Waals surface area contributed by atoms with Gasteiger partial charge in [0.05, 0.1) is 0 Å². The van der Waals surface area contributed by atoms with Crippen molar-refractivity contribution >= 4 is 11.5 Å². The first-order valence-electron chi connectivity index (χ1n) is 11.5. The van der Waals surface area contributed by atoms with E-state index in [2.05, 4.69) is 49.8 Å². The van der Waals surface area contributed by atoms with E-state index in [9.17, 15) is 0 Å². The summed E-state index contributed by atoms with van der Waals surface area (Å²) >= 11 is 0. The Kier molecular flexibility index (Phi) is 17.8. The smallest absolute Gasteiger partial charge is 0.130 e. The Balaban J connectivity index is 0.000000576. The van der Waals surface area contributed by atoms with Crippen LogP contribution in [-0.4, -0.2) is 19.4 Å². The van der Waals surface area contributed by atoms with Gasteiger partial charge in [0.1, 0.15) is 5.84 Å². The number of amidine groups is 1. The number of nitrogens with one attached hydrogen (secondary N) is 1. The van der Waals surface area contributed by atoms with E-state index in [1.54, 1.807) is 7.05 Å². The van der Waals surface area contributed by atoms with Crippen molar-refractivity contribution in [3.8, 4) is 0 Å². The van der Waals surface area contributed by atoms with Gasteiger partial charge in [-0.1, -0.05) is 88.6 Å². The van der Waals surface area contributed by atoms with Crippen LogP contribution in [-0.2, 0) is 6.54 Å². The number of anilines is 1. The average Bonchev–Trinajstić information content (AvgIpc) is 2.81. The molecule has 31 heavy (non-hydrogen) atoms. The highest BCUT2D eigenvalue weighted by Crippen LogP contribution is 2.11. The van der Waals surface area contributed by atoms with Crippen molar-refractivity contribution in [2.45, 2.75) is 59.4 Å². The number of allylic oxidation sites excluding steroid dienone is 1. The van der Waals surface area contributed by atoms with Crippen LogP contribution < -0.4 is 16.8 Å². The fraction of sp³-hybridized carbons (Fsp3) is 0.444. The van der Waals surface area contributed by atoms with Gasteiger partial charge in [0, 0.05) is 24.8 Å². The van der Waals surface area contributed by atoms with E-state index >= 15 is 0 Å². The van der Waals surface area contributed by atoms with E-state index in [1.807, 2.05) is 48.5 Å². The number of unbranched alkanes of at least 4 members (excludes halogenated alkanes) is 2. The minimum absolute atomic E-state index is 0.638. The summed E-state index contributed by atoms with van der Waals surface area (Å²) in [6.07, 6.45) is 8.34. The summed E-state index contributed by atoms with van der Waals surface area (Å²) in [5.41, 5.74) is 14.1. The summed E-state index contributed by atoms with van der Waals surface area (Å²) < 4.78 is 0. The van der Waals surface area contributed by atoms with E-state index in [0.717, 1.165) is 36.6 Å². The van der Waals surface area contributed by atoms with Gasteiger partial charge in [0.15, 0.2) is 0 Å². The Morgan fingerprint density at radius 1 is 1.03 bits per heavy atom. The maximum absolute atomic E-state index is 5.95. The predicted molar refractivity (Wildman–Crippen MR) is 139 cm³/mol.